The molecule has 0 saturated carbocycles. The van der Waals surface area contributed by atoms with Gasteiger partial charge in [0, 0.05) is 11.5 Å². The fraction of sp³-hybridized carbons (Fsp3) is 0.769. The van der Waals surface area contributed by atoms with Crippen LogP contribution in [0.4, 0.5) is 0 Å². The van der Waals surface area contributed by atoms with Crippen molar-refractivity contribution in [3.63, 3.8) is 0 Å². The van der Waals surface area contributed by atoms with Gasteiger partial charge in [0.15, 0.2) is 8.32 Å². The van der Waals surface area contributed by atoms with E-state index in [9.17, 15) is 4.79 Å². The normalized spacial score (nSPS) is 12.5. The van der Waals surface area contributed by atoms with E-state index < -0.39 is 14.2 Å². The molecule has 1 amide bonds. The second-order valence-corrected chi connectivity index (χ2v) is 10.8. The Hall–Kier alpha value is -1.10. The van der Waals surface area contributed by atoms with Crippen molar-refractivity contribution in [2.24, 2.45) is 5.11 Å². The van der Waals surface area contributed by atoms with Gasteiger partial charge in [-0.1, -0.05) is 26.8 Å². The average Bonchev–Trinajstić information content (AvgIpc) is 2.26. The molecule has 0 radical (unpaired) electrons. The van der Waals surface area contributed by atoms with Crippen LogP contribution in [0.3, 0.4) is 0 Å². The lowest BCUT2D eigenvalue weighted by Gasteiger charge is -2.36. The minimum atomic E-state index is -1.63. The van der Waals surface area contributed by atoms with E-state index in [0.29, 0.717) is 0 Å². The SMILES string of the molecule is CC(C)(C)[Si](C)(C)OCCCC/C=C/C(=O)N=[N+]=[N-]. The first kappa shape index (κ1) is 17.9. The van der Waals surface area contributed by atoms with Crippen molar-refractivity contribution in [1.82, 2.24) is 0 Å². The highest BCUT2D eigenvalue weighted by Crippen LogP contribution is 2.36. The first-order valence-electron chi connectivity index (χ1n) is 6.60. The van der Waals surface area contributed by atoms with Crippen LogP contribution in [0, 0.1) is 0 Å². The molecule has 0 N–H and O–H groups in total. The van der Waals surface area contributed by atoms with Crippen LogP contribution >= 0.6 is 0 Å². The quantitative estimate of drug-likeness (QED) is 0.171. The first-order valence-corrected chi connectivity index (χ1v) is 9.51. The lowest BCUT2D eigenvalue weighted by Crippen LogP contribution is -2.40. The third-order valence-corrected chi connectivity index (χ3v) is 7.98. The second kappa shape index (κ2) is 8.14. The molecule has 0 aliphatic rings. The molecule has 0 aromatic heterocycles. The van der Waals surface area contributed by atoms with Crippen molar-refractivity contribution in [3.8, 4) is 0 Å². The Labute approximate surface area is 116 Å². The largest absolute Gasteiger partial charge is 0.417 e. The number of allylic oxidation sites excluding steroid dienone is 1. The van der Waals surface area contributed by atoms with Gasteiger partial charge in [-0.25, -0.2) is 0 Å². The third-order valence-electron chi connectivity index (χ3n) is 3.44. The summed E-state index contributed by atoms with van der Waals surface area (Å²) >= 11 is 0. The molecule has 0 fully saturated rings. The summed E-state index contributed by atoms with van der Waals surface area (Å²) in [5.74, 6) is -0.542. The van der Waals surface area contributed by atoms with Crippen molar-refractivity contribution >= 4 is 14.2 Å². The molecule has 0 bridgehead atoms. The van der Waals surface area contributed by atoms with E-state index in [1.165, 1.54) is 6.08 Å². The Bertz CT molecular complexity index is 367. The van der Waals surface area contributed by atoms with E-state index >= 15 is 0 Å². The first-order chi connectivity index (χ1) is 8.70. The molecule has 0 heterocycles. The molecule has 0 aliphatic heterocycles. The molecule has 0 atom stereocenters. The standard InChI is InChI=1S/C13H25N3O2Si/c1-13(2,3)19(4,5)18-11-9-7-6-8-10-12(17)15-16-14/h8,10H,6-7,9,11H2,1-5H3/b10-8+. The zero-order valence-corrected chi connectivity index (χ0v) is 13.6. The number of hydrogen-bond donors (Lipinski definition) is 0. The van der Waals surface area contributed by atoms with Gasteiger partial charge in [0.1, 0.15) is 0 Å². The third kappa shape index (κ3) is 7.82. The fourth-order valence-corrected chi connectivity index (χ4v) is 2.26. The van der Waals surface area contributed by atoms with Gasteiger partial charge >= 0.3 is 0 Å². The van der Waals surface area contributed by atoms with Gasteiger partial charge in [-0.2, -0.15) is 0 Å². The van der Waals surface area contributed by atoms with Gasteiger partial charge < -0.3 is 4.43 Å². The topological polar surface area (TPSA) is 75.1 Å². The zero-order chi connectivity index (χ0) is 14.9. The van der Waals surface area contributed by atoms with Crippen molar-refractivity contribution in [2.45, 2.75) is 58.2 Å². The summed E-state index contributed by atoms with van der Waals surface area (Å²) in [5.41, 5.74) is 8.04. The lowest BCUT2D eigenvalue weighted by molar-refractivity contribution is -0.113. The number of rotatable bonds is 7. The summed E-state index contributed by atoms with van der Waals surface area (Å²) in [7, 11) is -1.63. The number of hydrogen-bond acceptors (Lipinski definition) is 2. The van der Waals surface area contributed by atoms with Crippen molar-refractivity contribution in [3.05, 3.63) is 22.6 Å². The molecule has 0 spiro atoms. The zero-order valence-electron chi connectivity index (χ0n) is 12.6. The number of azide groups is 1. The van der Waals surface area contributed by atoms with Crippen molar-refractivity contribution < 1.29 is 9.22 Å². The van der Waals surface area contributed by atoms with Crippen molar-refractivity contribution in [1.29, 1.82) is 0 Å². The van der Waals surface area contributed by atoms with E-state index in [0.717, 1.165) is 25.9 Å². The predicted molar refractivity (Wildman–Crippen MR) is 80.3 cm³/mol. The molecular weight excluding hydrogens is 258 g/mol. The Morgan fingerprint density at radius 1 is 1.37 bits per heavy atom. The monoisotopic (exact) mass is 283 g/mol. The number of carbonyl (C=O) groups is 1. The highest BCUT2D eigenvalue weighted by atomic mass is 28.4. The van der Waals surface area contributed by atoms with Crippen LogP contribution in [-0.2, 0) is 9.22 Å². The van der Waals surface area contributed by atoms with Crippen LogP contribution in [0.15, 0.2) is 17.3 Å². The Morgan fingerprint density at radius 3 is 2.53 bits per heavy atom. The number of amides is 1. The Balaban J connectivity index is 3.78. The number of nitrogens with zero attached hydrogens (tertiary/aromatic N) is 3. The van der Waals surface area contributed by atoms with E-state index in [2.05, 4.69) is 43.9 Å². The van der Waals surface area contributed by atoms with Crippen LogP contribution in [0.1, 0.15) is 40.0 Å². The van der Waals surface area contributed by atoms with Crippen LogP contribution < -0.4 is 0 Å². The molecule has 0 saturated heterocycles. The summed E-state index contributed by atoms with van der Waals surface area (Å²) in [5, 5.41) is 3.20. The molecule has 19 heavy (non-hydrogen) atoms. The highest BCUT2D eigenvalue weighted by molar-refractivity contribution is 6.74. The van der Waals surface area contributed by atoms with Crippen LogP contribution in [0.2, 0.25) is 18.1 Å². The summed E-state index contributed by atoms with van der Waals surface area (Å²) < 4.78 is 6.04. The maximum Gasteiger partial charge on any atom is 0.241 e. The maximum absolute atomic E-state index is 10.8. The molecule has 0 unspecified atom stereocenters. The summed E-state index contributed by atoms with van der Waals surface area (Å²) in [6, 6.07) is 0. The van der Waals surface area contributed by atoms with Crippen LogP contribution in [0.5, 0.6) is 0 Å². The average molecular weight is 283 g/mol. The van der Waals surface area contributed by atoms with Gasteiger partial charge in [0.25, 0.3) is 0 Å². The Kier molecular flexibility index (Phi) is 7.67. The van der Waals surface area contributed by atoms with Gasteiger partial charge in [0.2, 0.25) is 5.91 Å². The summed E-state index contributed by atoms with van der Waals surface area (Å²) in [6.45, 7) is 11.9. The molecule has 5 nitrogen and oxygen atoms in total. The number of unbranched alkanes of at least 4 members (excludes halogenated alkanes) is 2. The van der Waals surface area contributed by atoms with E-state index in [-0.39, 0.29) is 5.04 Å². The van der Waals surface area contributed by atoms with E-state index in [1.54, 1.807) is 6.08 Å². The van der Waals surface area contributed by atoms with Crippen LogP contribution in [-0.4, -0.2) is 20.8 Å². The molecule has 0 aromatic rings. The number of carbonyl (C=O) groups excluding carboxylic acids is 1. The van der Waals surface area contributed by atoms with Gasteiger partial charge in [-0.15, -0.1) is 0 Å². The minimum absolute atomic E-state index is 0.245. The molecule has 6 heteroatoms. The second-order valence-electron chi connectivity index (χ2n) is 6.03. The molecule has 0 aromatic carbocycles. The lowest BCUT2D eigenvalue weighted by atomic mass is 10.2. The van der Waals surface area contributed by atoms with Gasteiger partial charge in [0.05, 0.1) is 0 Å². The molecule has 0 rings (SSSR count). The van der Waals surface area contributed by atoms with Gasteiger partial charge in [-0.05, 0) is 54.1 Å². The maximum atomic E-state index is 10.8. The van der Waals surface area contributed by atoms with E-state index in [4.69, 9.17) is 9.96 Å². The minimum Gasteiger partial charge on any atom is -0.417 e. The summed E-state index contributed by atoms with van der Waals surface area (Å²) in [6.07, 6.45) is 5.80. The fourth-order valence-electron chi connectivity index (χ4n) is 1.17. The van der Waals surface area contributed by atoms with E-state index in [1.807, 2.05) is 0 Å². The molecule has 108 valence electrons. The molecule has 0 aliphatic carbocycles. The predicted octanol–water partition coefficient (Wildman–Crippen LogP) is 4.57. The smallest absolute Gasteiger partial charge is 0.241 e. The van der Waals surface area contributed by atoms with Crippen LogP contribution in [0.25, 0.3) is 10.4 Å². The Morgan fingerprint density at radius 2 is 2.00 bits per heavy atom. The van der Waals surface area contributed by atoms with Gasteiger partial charge in [-0.3, -0.25) is 4.79 Å². The van der Waals surface area contributed by atoms with Crippen molar-refractivity contribution in [2.75, 3.05) is 6.61 Å². The summed E-state index contributed by atoms with van der Waals surface area (Å²) in [4.78, 5) is 13.3. The molecular formula is C13H25N3O2Si. The highest BCUT2D eigenvalue weighted by Gasteiger charge is 2.36.